The first kappa shape index (κ1) is 13.2. The zero-order valence-electron chi connectivity index (χ0n) is 11.4. The molecule has 0 amide bonds. The molecular weight excluding hydrogens is 292 g/mol. The van der Waals surface area contributed by atoms with E-state index in [1.807, 2.05) is 4.31 Å². The highest BCUT2D eigenvalue weighted by Crippen LogP contribution is 2.39. The van der Waals surface area contributed by atoms with Crippen LogP contribution < -0.4 is 0 Å². The molecule has 6 heteroatoms. The summed E-state index contributed by atoms with van der Waals surface area (Å²) in [5, 5.41) is 2.05. The predicted octanol–water partition coefficient (Wildman–Crippen LogP) is 1.89. The van der Waals surface area contributed by atoms with Crippen molar-refractivity contribution in [2.45, 2.75) is 49.6 Å². The Morgan fingerprint density at radius 1 is 1.15 bits per heavy atom. The Morgan fingerprint density at radius 2 is 1.95 bits per heavy atom. The SMILES string of the molecule is O=S(=O)(C1CC1)N1CC[C@@H]2[C@@H]1CCN2Cc1cccs1. The summed E-state index contributed by atoms with van der Waals surface area (Å²) >= 11 is 1.79. The molecule has 0 unspecified atom stereocenters. The fourth-order valence-electron chi connectivity index (χ4n) is 3.71. The Bertz CT molecular complexity index is 580. The van der Waals surface area contributed by atoms with Crippen molar-refractivity contribution in [3.05, 3.63) is 22.4 Å². The number of hydrogen-bond donors (Lipinski definition) is 0. The topological polar surface area (TPSA) is 40.6 Å². The average molecular weight is 312 g/mol. The lowest BCUT2D eigenvalue weighted by molar-refractivity contribution is 0.242. The lowest BCUT2D eigenvalue weighted by Crippen LogP contribution is -2.40. The Hall–Kier alpha value is -0.430. The molecule has 3 heterocycles. The van der Waals surface area contributed by atoms with Crippen molar-refractivity contribution >= 4 is 21.4 Å². The third-order valence-electron chi connectivity index (χ3n) is 4.85. The van der Waals surface area contributed by atoms with E-state index >= 15 is 0 Å². The van der Waals surface area contributed by atoms with E-state index in [0.29, 0.717) is 6.04 Å². The van der Waals surface area contributed by atoms with Crippen molar-refractivity contribution in [2.75, 3.05) is 13.1 Å². The first-order chi connectivity index (χ1) is 9.66. The maximum atomic E-state index is 12.5. The molecule has 1 saturated carbocycles. The second kappa shape index (κ2) is 4.80. The van der Waals surface area contributed by atoms with Crippen LogP contribution in [0.25, 0.3) is 0 Å². The largest absolute Gasteiger partial charge is 0.294 e. The summed E-state index contributed by atoms with van der Waals surface area (Å²) in [7, 11) is -3.00. The van der Waals surface area contributed by atoms with Gasteiger partial charge >= 0.3 is 0 Å². The van der Waals surface area contributed by atoms with Crippen molar-refractivity contribution in [3.8, 4) is 0 Å². The molecule has 4 rings (SSSR count). The van der Waals surface area contributed by atoms with Gasteiger partial charge in [-0.2, -0.15) is 4.31 Å². The number of sulfonamides is 1. The zero-order valence-corrected chi connectivity index (χ0v) is 13.1. The summed E-state index contributed by atoms with van der Waals surface area (Å²) in [6.07, 6.45) is 3.74. The van der Waals surface area contributed by atoms with Gasteiger partial charge in [0.25, 0.3) is 0 Å². The first-order valence-electron chi connectivity index (χ1n) is 7.43. The molecular formula is C14H20N2O2S2. The maximum absolute atomic E-state index is 12.5. The minimum atomic E-state index is -3.00. The van der Waals surface area contributed by atoms with Gasteiger partial charge in [0.1, 0.15) is 0 Å². The smallest absolute Gasteiger partial charge is 0.217 e. The number of fused-ring (bicyclic) bond motifs is 1. The lowest BCUT2D eigenvalue weighted by atomic mass is 10.1. The number of hydrogen-bond acceptors (Lipinski definition) is 4. The monoisotopic (exact) mass is 312 g/mol. The molecule has 1 aromatic heterocycles. The Kier molecular flexibility index (Phi) is 3.18. The van der Waals surface area contributed by atoms with E-state index in [4.69, 9.17) is 0 Å². The summed E-state index contributed by atoms with van der Waals surface area (Å²) in [6, 6.07) is 4.93. The standard InChI is InChI=1S/C14H20N2O2S2/c17-20(18,12-3-4-12)16-8-6-13-14(16)5-7-15(13)10-11-2-1-9-19-11/h1-2,9,12-14H,3-8,10H2/t13-,14+/m1/s1. The van der Waals surface area contributed by atoms with Gasteiger partial charge in [0.05, 0.1) is 5.25 Å². The average Bonchev–Trinajstić information content (AvgIpc) is 2.86. The maximum Gasteiger partial charge on any atom is 0.217 e. The van der Waals surface area contributed by atoms with Crippen LogP contribution in [0.3, 0.4) is 0 Å². The van der Waals surface area contributed by atoms with Gasteiger partial charge in [0.15, 0.2) is 0 Å². The molecule has 3 aliphatic rings. The zero-order chi connectivity index (χ0) is 13.7. The second-order valence-corrected chi connectivity index (χ2v) is 9.31. The highest BCUT2D eigenvalue weighted by Gasteiger charge is 2.50. The molecule has 0 radical (unpaired) electrons. The van der Waals surface area contributed by atoms with Crippen LogP contribution in [-0.2, 0) is 16.6 Å². The summed E-state index contributed by atoms with van der Waals surface area (Å²) in [5.41, 5.74) is 0. The van der Waals surface area contributed by atoms with E-state index in [1.54, 1.807) is 11.3 Å². The number of rotatable bonds is 4. The number of nitrogens with zero attached hydrogens (tertiary/aromatic N) is 2. The molecule has 2 saturated heterocycles. The first-order valence-corrected chi connectivity index (χ1v) is 9.81. The molecule has 2 aliphatic heterocycles. The van der Waals surface area contributed by atoms with Gasteiger partial charge in [-0.1, -0.05) is 6.07 Å². The molecule has 4 nitrogen and oxygen atoms in total. The van der Waals surface area contributed by atoms with Crippen LogP contribution >= 0.6 is 11.3 Å². The van der Waals surface area contributed by atoms with Gasteiger partial charge < -0.3 is 0 Å². The highest BCUT2D eigenvalue weighted by atomic mass is 32.2. The minimum absolute atomic E-state index is 0.0624. The van der Waals surface area contributed by atoms with Gasteiger partial charge in [-0.05, 0) is 37.1 Å². The van der Waals surface area contributed by atoms with Crippen LogP contribution in [-0.4, -0.2) is 48.0 Å². The van der Waals surface area contributed by atoms with E-state index in [1.165, 1.54) is 4.88 Å². The summed E-state index contributed by atoms with van der Waals surface area (Å²) < 4.78 is 26.8. The Labute approximate surface area is 124 Å². The third-order valence-corrected chi connectivity index (χ3v) is 8.13. The second-order valence-electron chi connectivity index (χ2n) is 6.12. The summed E-state index contributed by atoms with van der Waals surface area (Å²) in [4.78, 5) is 3.87. The van der Waals surface area contributed by atoms with Crippen LogP contribution in [0, 0.1) is 0 Å². The van der Waals surface area contributed by atoms with E-state index < -0.39 is 10.0 Å². The molecule has 20 heavy (non-hydrogen) atoms. The van der Waals surface area contributed by atoms with Crippen LogP contribution in [0.2, 0.25) is 0 Å². The van der Waals surface area contributed by atoms with Gasteiger partial charge in [-0.25, -0.2) is 8.42 Å². The number of thiophene rings is 1. The van der Waals surface area contributed by atoms with Crippen LogP contribution in [0.4, 0.5) is 0 Å². The van der Waals surface area contributed by atoms with Crippen LogP contribution in [0.15, 0.2) is 17.5 Å². The van der Waals surface area contributed by atoms with E-state index in [-0.39, 0.29) is 11.3 Å². The Morgan fingerprint density at radius 3 is 2.65 bits per heavy atom. The fraction of sp³-hybridized carbons (Fsp3) is 0.714. The van der Waals surface area contributed by atoms with E-state index in [9.17, 15) is 8.42 Å². The lowest BCUT2D eigenvalue weighted by Gasteiger charge is -2.25. The van der Waals surface area contributed by atoms with Gasteiger partial charge in [-0.15, -0.1) is 11.3 Å². The van der Waals surface area contributed by atoms with Crippen LogP contribution in [0.1, 0.15) is 30.6 Å². The van der Waals surface area contributed by atoms with Crippen molar-refractivity contribution < 1.29 is 8.42 Å². The third kappa shape index (κ3) is 2.13. The minimum Gasteiger partial charge on any atom is -0.294 e. The van der Waals surface area contributed by atoms with Gasteiger partial charge in [-0.3, -0.25) is 4.90 Å². The van der Waals surface area contributed by atoms with Crippen molar-refractivity contribution in [3.63, 3.8) is 0 Å². The molecule has 0 bridgehead atoms. The molecule has 1 aromatic rings. The van der Waals surface area contributed by atoms with Crippen LogP contribution in [0.5, 0.6) is 0 Å². The molecule has 1 aliphatic carbocycles. The molecule has 0 N–H and O–H groups in total. The van der Waals surface area contributed by atoms with E-state index in [2.05, 4.69) is 22.4 Å². The molecule has 110 valence electrons. The normalized spacial score (nSPS) is 31.8. The molecule has 0 aromatic carbocycles. The number of likely N-dealkylation sites (tertiary alicyclic amines) is 1. The van der Waals surface area contributed by atoms with Crippen molar-refractivity contribution in [1.29, 1.82) is 0 Å². The predicted molar refractivity (Wildman–Crippen MR) is 80.2 cm³/mol. The van der Waals surface area contributed by atoms with E-state index in [0.717, 1.165) is 45.3 Å². The molecule has 3 fully saturated rings. The summed E-state index contributed by atoms with van der Waals surface area (Å²) in [6.45, 7) is 2.75. The fourth-order valence-corrected chi connectivity index (χ4v) is 6.54. The molecule has 2 atom stereocenters. The van der Waals surface area contributed by atoms with Crippen molar-refractivity contribution in [2.24, 2.45) is 0 Å². The highest BCUT2D eigenvalue weighted by molar-refractivity contribution is 7.90. The quantitative estimate of drug-likeness (QED) is 0.852. The molecule has 0 spiro atoms. The van der Waals surface area contributed by atoms with Gasteiger partial charge in [0, 0.05) is 36.6 Å². The van der Waals surface area contributed by atoms with Crippen molar-refractivity contribution in [1.82, 2.24) is 9.21 Å². The summed E-state index contributed by atoms with van der Waals surface area (Å²) in [5.74, 6) is 0. The van der Waals surface area contributed by atoms with Gasteiger partial charge in [0.2, 0.25) is 10.0 Å². The Balaban J connectivity index is 1.49.